The van der Waals surface area contributed by atoms with Crippen molar-refractivity contribution in [2.75, 3.05) is 33.4 Å². The highest BCUT2D eigenvalue weighted by atomic mass is 32.2. The number of carbonyl (C=O) groups is 1. The molecule has 192 valence electrons. The first-order chi connectivity index (χ1) is 17.7. The van der Waals surface area contributed by atoms with Gasteiger partial charge in [-0.2, -0.15) is 17.1 Å². The number of aromatic nitrogens is 1. The van der Waals surface area contributed by atoms with Crippen LogP contribution in [0, 0.1) is 5.95 Å². The summed E-state index contributed by atoms with van der Waals surface area (Å²) < 4.78 is 51.9. The van der Waals surface area contributed by atoms with E-state index in [1.54, 1.807) is 48.5 Å². The van der Waals surface area contributed by atoms with Crippen molar-refractivity contribution in [2.24, 2.45) is 10.7 Å². The molecule has 0 aliphatic carbocycles. The molecule has 2 aliphatic heterocycles. The van der Waals surface area contributed by atoms with Crippen LogP contribution in [0.15, 0.2) is 71.9 Å². The Hall–Kier alpha value is -3.87. The molecular formula is C25H24FN5O5S. The number of nitrogens with two attached hydrogens (primary N) is 1. The van der Waals surface area contributed by atoms with Crippen molar-refractivity contribution in [2.45, 2.75) is 5.54 Å². The third kappa shape index (κ3) is 4.43. The molecule has 3 heterocycles. The maximum atomic E-state index is 14.4. The van der Waals surface area contributed by atoms with E-state index in [4.69, 9.17) is 14.7 Å². The number of halogens is 1. The van der Waals surface area contributed by atoms with Gasteiger partial charge in [-0.15, -0.1) is 0 Å². The van der Waals surface area contributed by atoms with Crippen LogP contribution in [0.3, 0.4) is 0 Å². The van der Waals surface area contributed by atoms with Crippen LogP contribution >= 0.6 is 0 Å². The molecule has 0 saturated carbocycles. The van der Waals surface area contributed by atoms with Crippen LogP contribution in [0.4, 0.5) is 4.39 Å². The van der Waals surface area contributed by atoms with Gasteiger partial charge >= 0.3 is 10.3 Å². The molecule has 1 amide bonds. The fourth-order valence-electron chi connectivity index (χ4n) is 4.41. The first-order valence-corrected chi connectivity index (χ1v) is 12.8. The predicted molar refractivity (Wildman–Crippen MR) is 133 cm³/mol. The molecule has 12 heteroatoms. The van der Waals surface area contributed by atoms with Crippen LogP contribution < -0.4 is 9.92 Å². The Morgan fingerprint density at radius 3 is 2.43 bits per heavy atom. The number of guanidine groups is 1. The molecule has 1 saturated heterocycles. The normalized spacial score (nSPS) is 20.6. The summed E-state index contributed by atoms with van der Waals surface area (Å²) in [5.41, 5.74) is 5.92. The molecule has 0 bridgehead atoms. The number of pyridine rings is 1. The number of likely N-dealkylation sites (N-methyl/N-ethyl adjacent to an activating group) is 1. The lowest BCUT2D eigenvalue weighted by Gasteiger charge is -2.28. The van der Waals surface area contributed by atoms with Gasteiger partial charge in [0.1, 0.15) is 5.75 Å². The predicted octanol–water partition coefficient (Wildman–Crippen LogP) is 1.87. The molecule has 37 heavy (non-hydrogen) atoms. The number of aliphatic imine (C=N–C) groups is 1. The third-order valence-electron chi connectivity index (χ3n) is 6.33. The van der Waals surface area contributed by atoms with Crippen molar-refractivity contribution in [3.8, 4) is 16.9 Å². The Labute approximate surface area is 213 Å². The molecule has 0 radical (unpaired) electrons. The SMILES string of the molecule is CN1C(=O)C(c2cccc(OS(=O)(=O)N3CCOCC3)c2)(c2cccc(-c3cccnc3F)c2)N=C1N. The lowest BCUT2D eigenvalue weighted by atomic mass is 9.81. The van der Waals surface area contributed by atoms with Crippen LogP contribution in [0.5, 0.6) is 5.75 Å². The van der Waals surface area contributed by atoms with Gasteiger partial charge in [0, 0.05) is 31.9 Å². The average molecular weight is 526 g/mol. The van der Waals surface area contributed by atoms with Gasteiger partial charge in [0.05, 0.1) is 13.2 Å². The quantitative estimate of drug-likeness (QED) is 0.487. The highest BCUT2D eigenvalue weighted by Gasteiger charge is 2.50. The van der Waals surface area contributed by atoms with Crippen molar-refractivity contribution in [3.05, 3.63) is 83.9 Å². The average Bonchev–Trinajstić information content (AvgIpc) is 3.14. The zero-order valence-electron chi connectivity index (χ0n) is 19.9. The van der Waals surface area contributed by atoms with Crippen molar-refractivity contribution >= 4 is 22.2 Å². The summed E-state index contributed by atoms with van der Waals surface area (Å²) >= 11 is 0. The maximum Gasteiger partial charge on any atom is 0.385 e. The Bertz CT molecular complexity index is 1490. The summed E-state index contributed by atoms with van der Waals surface area (Å²) in [6.45, 7) is 0.893. The lowest BCUT2D eigenvalue weighted by Crippen LogP contribution is -2.43. The number of hydrogen-bond donors (Lipinski definition) is 1. The second kappa shape index (κ2) is 9.54. The first kappa shape index (κ1) is 24.8. The van der Waals surface area contributed by atoms with E-state index in [0.29, 0.717) is 16.7 Å². The van der Waals surface area contributed by atoms with Gasteiger partial charge in [-0.1, -0.05) is 30.3 Å². The van der Waals surface area contributed by atoms with E-state index in [9.17, 15) is 17.6 Å². The maximum absolute atomic E-state index is 14.4. The van der Waals surface area contributed by atoms with Gasteiger partial charge in [0.25, 0.3) is 5.91 Å². The lowest BCUT2D eigenvalue weighted by molar-refractivity contribution is -0.129. The molecular weight excluding hydrogens is 501 g/mol. The Morgan fingerprint density at radius 1 is 1.05 bits per heavy atom. The van der Waals surface area contributed by atoms with E-state index in [-0.39, 0.29) is 43.6 Å². The molecule has 3 aromatic rings. The van der Waals surface area contributed by atoms with E-state index in [2.05, 4.69) is 9.98 Å². The molecule has 1 aromatic heterocycles. The minimum absolute atomic E-state index is 0.00829. The van der Waals surface area contributed by atoms with Gasteiger partial charge < -0.3 is 14.7 Å². The Balaban J connectivity index is 1.60. The summed E-state index contributed by atoms with van der Waals surface area (Å²) in [6, 6.07) is 16.0. The molecule has 5 rings (SSSR count). The van der Waals surface area contributed by atoms with Gasteiger partial charge in [-0.25, -0.2) is 9.98 Å². The molecule has 1 unspecified atom stereocenters. The summed E-state index contributed by atoms with van der Waals surface area (Å²) in [4.78, 5) is 23.1. The Morgan fingerprint density at radius 2 is 1.76 bits per heavy atom. The van der Waals surface area contributed by atoms with Crippen molar-refractivity contribution in [1.82, 2.24) is 14.2 Å². The Kier molecular flexibility index (Phi) is 6.40. The van der Waals surface area contributed by atoms with E-state index in [1.165, 1.54) is 34.6 Å². The number of nitrogens with zero attached hydrogens (tertiary/aromatic N) is 4. The second-order valence-electron chi connectivity index (χ2n) is 8.55. The molecule has 10 nitrogen and oxygen atoms in total. The van der Waals surface area contributed by atoms with Crippen LogP contribution in [0.2, 0.25) is 0 Å². The molecule has 2 aromatic carbocycles. The zero-order chi connectivity index (χ0) is 26.2. The van der Waals surface area contributed by atoms with Crippen molar-refractivity contribution in [3.63, 3.8) is 0 Å². The largest absolute Gasteiger partial charge is 0.385 e. The van der Waals surface area contributed by atoms with Gasteiger partial charge in [-0.3, -0.25) is 9.69 Å². The highest BCUT2D eigenvalue weighted by molar-refractivity contribution is 7.84. The summed E-state index contributed by atoms with van der Waals surface area (Å²) in [5, 5.41) is 0. The first-order valence-electron chi connectivity index (χ1n) is 11.4. The van der Waals surface area contributed by atoms with E-state index in [0.717, 1.165) is 0 Å². The van der Waals surface area contributed by atoms with E-state index in [1.807, 2.05) is 0 Å². The van der Waals surface area contributed by atoms with E-state index < -0.39 is 27.7 Å². The molecule has 0 spiro atoms. The van der Waals surface area contributed by atoms with Crippen LogP contribution in [0.1, 0.15) is 11.1 Å². The van der Waals surface area contributed by atoms with Gasteiger partial charge in [0.2, 0.25) is 5.95 Å². The number of amides is 1. The number of rotatable bonds is 6. The summed E-state index contributed by atoms with van der Waals surface area (Å²) in [5.74, 6) is -1.12. The van der Waals surface area contributed by atoms with Gasteiger partial charge in [-0.05, 0) is 47.0 Å². The topological polar surface area (TPSA) is 127 Å². The molecule has 2 N–H and O–H groups in total. The zero-order valence-corrected chi connectivity index (χ0v) is 20.7. The fraction of sp³-hybridized carbons (Fsp3) is 0.240. The van der Waals surface area contributed by atoms with Crippen molar-refractivity contribution < 1.29 is 26.5 Å². The second-order valence-corrected chi connectivity index (χ2v) is 10.1. The monoisotopic (exact) mass is 525 g/mol. The fourth-order valence-corrected chi connectivity index (χ4v) is 5.46. The van der Waals surface area contributed by atoms with Crippen LogP contribution in [0.25, 0.3) is 11.1 Å². The minimum Gasteiger partial charge on any atom is -0.379 e. The number of hydrogen-bond acceptors (Lipinski definition) is 8. The third-order valence-corrected chi connectivity index (χ3v) is 7.73. The molecule has 1 fully saturated rings. The highest BCUT2D eigenvalue weighted by Crippen LogP contribution is 2.41. The number of benzene rings is 2. The summed E-state index contributed by atoms with van der Waals surface area (Å²) in [7, 11) is -2.60. The number of morpholine rings is 1. The molecule has 2 aliphatic rings. The standard InChI is InChI=1S/C25H24FN5O5S/c1-30-23(32)25(29-24(30)27,18-6-2-5-17(15-18)21-9-4-10-28-22(21)26)19-7-3-8-20(16-19)36-37(33,34)31-11-13-35-14-12-31/h2-10,15-16H,11-14H2,1H3,(H2,27,29). The summed E-state index contributed by atoms with van der Waals surface area (Å²) in [6.07, 6.45) is 1.35. The van der Waals surface area contributed by atoms with Gasteiger partial charge in [0.15, 0.2) is 11.5 Å². The smallest absolute Gasteiger partial charge is 0.379 e. The van der Waals surface area contributed by atoms with Crippen molar-refractivity contribution in [1.29, 1.82) is 0 Å². The van der Waals surface area contributed by atoms with E-state index >= 15 is 0 Å². The molecule has 1 atom stereocenters. The van der Waals surface area contributed by atoms with Crippen LogP contribution in [-0.4, -0.2) is 67.8 Å². The van der Waals surface area contributed by atoms with Crippen LogP contribution in [-0.2, 0) is 25.4 Å². The number of ether oxygens (including phenoxy) is 1. The minimum atomic E-state index is -4.09. The number of carbonyl (C=O) groups excluding carboxylic acids is 1.